The smallest absolute Gasteiger partial charge is 0.160 e. The highest BCUT2D eigenvalue weighted by Crippen LogP contribution is 2.27. The third-order valence-electron chi connectivity index (χ3n) is 2.30. The number of anilines is 1. The Morgan fingerprint density at radius 2 is 1.94 bits per heavy atom. The summed E-state index contributed by atoms with van der Waals surface area (Å²) in [6.45, 7) is 0.664. The molecule has 0 atom stereocenters. The number of nitrogens with one attached hydrogen (secondary N) is 1. The van der Waals surface area contributed by atoms with Gasteiger partial charge in [-0.05, 0) is 25.0 Å². The molecule has 0 bridgehead atoms. The quantitative estimate of drug-likeness (QED) is 0.188. The number of halogens is 3. The van der Waals surface area contributed by atoms with Crippen molar-refractivity contribution in [1.29, 1.82) is 0 Å². The molecule has 1 aromatic rings. The van der Waals surface area contributed by atoms with Gasteiger partial charge < -0.3 is 16.3 Å². The fraction of sp³-hybridized carbons (Fsp3) is 0.364. The lowest BCUT2D eigenvalue weighted by Crippen LogP contribution is -2.11. The third kappa shape index (κ3) is 4.58. The van der Waals surface area contributed by atoms with E-state index in [1.54, 1.807) is 0 Å². The second-order valence-electron chi connectivity index (χ2n) is 3.73. The van der Waals surface area contributed by atoms with Crippen LogP contribution in [-0.4, -0.2) is 17.6 Å². The molecule has 0 fully saturated rings. The fourth-order valence-corrected chi connectivity index (χ4v) is 1.86. The Labute approximate surface area is 115 Å². The number of nitrogens with two attached hydrogens (primary N) is 1. The number of nitrogens with zero attached hydrogens (tertiary/aromatic N) is 1. The highest BCUT2D eigenvalue weighted by atomic mass is 35.5. The van der Waals surface area contributed by atoms with Gasteiger partial charge >= 0.3 is 0 Å². The minimum absolute atomic E-state index is 0.0124. The predicted molar refractivity (Wildman–Crippen MR) is 72.2 cm³/mol. The molecule has 0 aliphatic rings. The minimum Gasteiger partial charge on any atom is -0.409 e. The van der Waals surface area contributed by atoms with Crippen LogP contribution in [0.1, 0.15) is 19.3 Å². The molecule has 4 nitrogen and oxygen atoms in total. The first-order valence-corrected chi connectivity index (χ1v) is 6.15. The van der Waals surface area contributed by atoms with E-state index in [0.717, 1.165) is 12.8 Å². The van der Waals surface area contributed by atoms with Crippen molar-refractivity contribution in [3.63, 3.8) is 0 Å². The summed E-state index contributed by atoms with van der Waals surface area (Å²) >= 11 is 11.3. The maximum atomic E-state index is 13.1. The van der Waals surface area contributed by atoms with E-state index in [9.17, 15) is 4.39 Å². The summed E-state index contributed by atoms with van der Waals surface area (Å²) in [6.07, 6.45) is 2.14. The van der Waals surface area contributed by atoms with E-state index in [1.165, 1.54) is 12.1 Å². The Kier molecular flexibility index (Phi) is 6.01. The molecule has 0 heterocycles. The fourth-order valence-electron chi connectivity index (χ4n) is 1.37. The van der Waals surface area contributed by atoms with Crippen LogP contribution in [0.5, 0.6) is 0 Å². The second kappa shape index (κ2) is 7.28. The maximum absolute atomic E-state index is 13.1. The van der Waals surface area contributed by atoms with Crippen LogP contribution in [0.25, 0.3) is 0 Å². The Balaban J connectivity index is 2.36. The molecule has 18 heavy (non-hydrogen) atoms. The Bertz CT molecular complexity index is 417. The summed E-state index contributed by atoms with van der Waals surface area (Å²) < 4.78 is 13.1. The number of hydrogen-bond donors (Lipinski definition) is 3. The largest absolute Gasteiger partial charge is 0.409 e. The lowest BCUT2D eigenvalue weighted by molar-refractivity contribution is 0.316. The molecule has 0 aliphatic carbocycles. The molecule has 0 radical (unpaired) electrons. The summed E-state index contributed by atoms with van der Waals surface area (Å²) in [5, 5.41) is 14.3. The average Bonchev–Trinajstić information content (AvgIpc) is 2.35. The van der Waals surface area contributed by atoms with Crippen LogP contribution in [0, 0.1) is 5.82 Å². The Morgan fingerprint density at radius 3 is 2.50 bits per heavy atom. The molecule has 1 aromatic carbocycles. The molecular formula is C11H14Cl2FN3O. The zero-order chi connectivity index (χ0) is 13.5. The van der Waals surface area contributed by atoms with E-state index in [2.05, 4.69) is 10.5 Å². The van der Waals surface area contributed by atoms with E-state index < -0.39 is 5.82 Å². The van der Waals surface area contributed by atoms with Gasteiger partial charge in [0.25, 0.3) is 0 Å². The van der Waals surface area contributed by atoms with E-state index in [-0.39, 0.29) is 15.9 Å². The summed E-state index contributed by atoms with van der Waals surface area (Å²) in [5.41, 5.74) is 5.99. The summed E-state index contributed by atoms with van der Waals surface area (Å²) in [7, 11) is 0. The normalized spacial score (nSPS) is 11.6. The lowest BCUT2D eigenvalue weighted by Gasteiger charge is -2.08. The van der Waals surface area contributed by atoms with Crippen LogP contribution in [0.15, 0.2) is 17.3 Å². The lowest BCUT2D eigenvalue weighted by atomic mass is 10.2. The first-order chi connectivity index (χ1) is 8.54. The van der Waals surface area contributed by atoms with Crippen LogP contribution >= 0.6 is 23.2 Å². The van der Waals surface area contributed by atoms with Gasteiger partial charge in [0.05, 0.1) is 10.0 Å². The van der Waals surface area contributed by atoms with Gasteiger partial charge in [-0.3, -0.25) is 0 Å². The zero-order valence-corrected chi connectivity index (χ0v) is 11.1. The monoisotopic (exact) mass is 293 g/mol. The number of unbranched alkanes of at least 4 members (excludes halogenated alkanes) is 1. The van der Waals surface area contributed by atoms with Gasteiger partial charge in [-0.2, -0.15) is 0 Å². The SMILES string of the molecule is N/C(CCCCNc1cc(Cl)c(F)c(Cl)c1)=N/O. The van der Waals surface area contributed by atoms with Gasteiger partial charge in [-0.25, -0.2) is 4.39 Å². The van der Waals surface area contributed by atoms with Crippen LogP contribution in [0.4, 0.5) is 10.1 Å². The van der Waals surface area contributed by atoms with E-state index >= 15 is 0 Å². The third-order valence-corrected chi connectivity index (χ3v) is 2.85. The van der Waals surface area contributed by atoms with Crippen molar-refractivity contribution >= 4 is 34.7 Å². The summed E-state index contributed by atoms with van der Waals surface area (Å²) in [5.74, 6) is -0.404. The molecule has 0 aromatic heterocycles. The van der Waals surface area contributed by atoms with Crippen molar-refractivity contribution in [3.8, 4) is 0 Å². The summed E-state index contributed by atoms with van der Waals surface area (Å²) in [4.78, 5) is 0. The van der Waals surface area contributed by atoms with Crippen molar-refractivity contribution in [2.75, 3.05) is 11.9 Å². The van der Waals surface area contributed by atoms with Crippen LogP contribution in [0.2, 0.25) is 10.0 Å². The molecule has 0 aliphatic heterocycles. The second-order valence-corrected chi connectivity index (χ2v) is 4.54. The van der Waals surface area contributed by atoms with Crippen LogP contribution < -0.4 is 11.1 Å². The molecule has 100 valence electrons. The average molecular weight is 294 g/mol. The van der Waals surface area contributed by atoms with Crippen LogP contribution in [0.3, 0.4) is 0 Å². The highest BCUT2D eigenvalue weighted by molar-refractivity contribution is 6.35. The van der Waals surface area contributed by atoms with E-state index in [4.69, 9.17) is 34.1 Å². The molecule has 0 spiro atoms. The summed E-state index contributed by atoms with van der Waals surface area (Å²) in [6, 6.07) is 2.96. The molecule has 7 heteroatoms. The number of oxime groups is 1. The zero-order valence-electron chi connectivity index (χ0n) is 9.59. The molecule has 4 N–H and O–H groups in total. The van der Waals surface area contributed by atoms with Gasteiger partial charge in [-0.1, -0.05) is 28.4 Å². The number of benzene rings is 1. The Hall–Kier alpha value is -1.20. The molecule has 0 unspecified atom stereocenters. The number of hydrogen-bond acceptors (Lipinski definition) is 3. The van der Waals surface area contributed by atoms with Gasteiger partial charge in [0.1, 0.15) is 5.84 Å². The first kappa shape index (κ1) is 14.9. The van der Waals surface area contributed by atoms with Crippen molar-refractivity contribution in [2.24, 2.45) is 10.9 Å². The van der Waals surface area contributed by atoms with Crippen LogP contribution in [-0.2, 0) is 0 Å². The predicted octanol–water partition coefficient (Wildman–Crippen LogP) is 3.46. The van der Waals surface area contributed by atoms with Gasteiger partial charge in [0.15, 0.2) is 5.82 Å². The van der Waals surface area contributed by atoms with E-state index in [0.29, 0.717) is 18.7 Å². The van der Waals surface area contributed by atoms with Gasteiger partial charge in [0, 0.05) is 18.7 Å². The maximum Gasteiger partial charge on any atom is 0.160 e. The van der Waals surface area contributed by atoms with Gasteiger partial charge in [-0.15, -0.1) is 0 Å². The highest BCUT2D eigenvalue weighted by Gasteiger charge is 2.06. The van der Waals surface area contributed by atoms with Crippen molar-refractivity contribution in [2.45, 2.75) is 19.3 Å². The van der Waals surface area contributed by atoms with Crippen molar-refractivity contribution < 1.29 is 9.60 Å². The van der Waals surface area contributed by atoms with Crippen molar-refractivity contribution in [1.82, 2.24) is 0 Å². The minimum atomic E-state index is -0.615. The standard InChI is InChI=1S/C11H14Cl2FN3O/c12-8-5-7(6-9(13)11(8)14)16-4-2-1-3-10(15)17-18/h5-6,16,18H,1-4H2,(H2,15,17). The molecule has 0 saturated heterocycles. The van der Waals surface area contributed by atoms with Crippen molar-refractivity contribution in [3.05, 3.63) is 28.0 Å². The Morgan fingerprint density at radius 1 is 1.33 bits per heavy atom. The number of amidine groups is 1. The number of rotatable bonds is 6. The topological polar surface area (TPSA) is 70.6 Å². The van der Waals surface area contributed by atoms with E-state index in [1.807, 2.05) is 0 Å². The molecule has 1 rings (SSSR count). The first-order valence-electron chi connectivity index (χ1n) is 5.39. The molecule has 0 amide bonds. The molecule has 0 saturated carbocycles. The van der Waals surface area contributed by atoms with Gasteiger partial charge in [0.2, 0.25) is 0 Å². The molecular weight excluding hydrogens is 280 g/mol.